The van der Waals surface area contributed by atoms with E-state index < -0.39 is 0 Å². The molecule has 3 aliphatic rings. The molecule has 0 radical (unpaired) electrons. The Bertz CT molecular complexity index is 732. The summed E-state index contributed by atoms with van der Waals surface area (Å²) in [6.07, 6.45) is 6.63. The lowest BCUT2D eigenvalue weighted by Crippen LogP contribution is -2.45. The lowest BCUT2D eigenvalue weighted by Gasteiger charge is -2.50. The van der Waals surface area contributed by atoms with E-state index in [1.165, 1.54) is 18.1 Å². The first-order valence-electron chi connectivity index (χ1n) is 9.20. The first-order valence-corrected chi connectivity index (χ1v) is 10.8. The molecule has 0 unspecified atom stereocenters. The standard InChI is InChI=1S/C20H24Br2O3/c1-10(23)25-17-6-5-15-12-3-4-13-14(9-16(21)19(24)18(13)22)11(12)7-8-20(15,17)2/h9,11-12,15,17,24H,3-8H2,1-2H3/t11-,12+,15-,17-,20-/m0/s1. The van der Waals surface area contributed by atoms with Gasteiger partial charge in [0.1, 0.15) is 11.9 Å². The van der Waals surface area contributed by atoms with Gasteiger partial charge in [-0.05, 0) is 105 Å². The Morgan fingerprint density at radius 3 is 2.76 bits per heavy atom. The number of carbonyl (C=O) groups excluding carboxylic acids is 1. The molecule has 25 heavy (non-hydrogen) atoms. The lowest BCUT2D eigenvalue weighted by molar-refractivity contribution is -0.154. The van der Waals surface area contributed by atoms with E-state index in [4.69, 9.17) is 4.74 Å². The first kappa shape index (κ1) is 17.8. The molecular formula is C20H24Br2O3. The normalized spacial score (nSPS) is 36.3. The van der Waals surface area contributed by atoms with Crippen molar-refractivity contribution in [3.63, 3.8) is 0 Å². The molecule has 3 nitrogen and oxygen atoms in total. The average Bonchev–Trinajstić information content (AvgIpc) is 2.89. The monoisotopic (exact) mass is 470 g/mol. The van der Waals surface area contributed by atoms with E-state index in [0.29, 0.717) is 23.5 Å². The molecule has 3 aliphatic carbocycles. The van der Waals surface area contributed by atoms with Crippen LogP contribution in [0.2, 0.25) is 0 Å². The molecule has 2 fully saturated rings. The summed E-state index contributed by atoms with van der Waals surface area (Å²) >= 11 is 7.11. The van der Waals surface area contributed by atoms with E-state index in [1.54, 1.807) is 0 Å². The van der Waals surface area contributed by atoms with Crippen LogP contribution in [0.5, 0.6) is 5.75 Å². The number of hydrogen-bond acceptors (Lipinski definition) is 3. The fourth-order valence-electron chi connectivity index (χ4n) is 5.98. The Morgan fingerprint density at radius 1 is 1.28 bits per heavy atom. The number of esters is 1. The summed E-state index contributed by atoms with van der Waals surface area (Å²) in [6.45, 7) is 3.87. The Balaban J connectivity index is 1.68. The smallest absolute Gasteiger partial charge is 0.302 e. The second-order valence-corrected chi connectivity index (χ2v) is 9.87. The fourth-order valence-corrected chi connectivity index (χ4v) is 7.34. The van der Waals surface area contributed by atoms with Crippen molar-refractivity contribution >= 4 is 37.8 Å². The van der Waals surface area contributed by atoms with Gasteiger partial charge < -0.3 is 9.84 Å². The van der Waals surface area contributed by atoms with E-state index in [-0.39, 0.29) is 17.5 Å². The van der Waals surface area contributed by atoms with Crippen molar-refractivity contribution in [2.75, 3.05) is 0 Å². The molecular weight excluding hydrogens is 448 g/mol. The zero-order chi connectivity index (χ0) is 17.9. The number of rotatable bonds is 1. The fraction of sp³-hybridized carbons (Fsp3) is 0.650. The van der Waals surface area contributed by atoms with Gasteiger partial charge in [0.15, 0.2) is 0 Å². The van der Waals surface area contributed by atoms with Crippen LogP contribution in [0.1, 0.15) is 63.0 Å². The molecule has 0 bridgehead atoms. The summed E-state index contributed by atoms with van der Waals surface area (Å²) in [4.78, 5) is 11.5. The van der Waals surface area contributed by atoms with Gasteiger partial charge in [-0.2, -0.15) is 0 Å². The summed E-state index contributed by atoms with van der Waals surface area (Å²) in [6, 6.07) is 2.13. The molecule has 1 N–H and O–H groups in total. The minimum absolute atomic E-state index is 0.0793. The molecule has 0 aromatic heterocycles. The van der Waals surface area contributed by atoms with Gasteiger partial charge in [-0.3, -0.25) is 4.79 Å². The third-order valence-electron chi connectivity index (χ3n) is 7.12. The lowest BCUT2D eigenvalue weighted by atomic mass is 9.55. The van der Waals surface area contributed by atoms with Crippen LogP contribution in [0.4, 0.5) is 0 Å². The summed E-state index contributed by atoms with van der Waals surface area (Å²) < 4.78 is 7.33. The predicted octanol–water partition coefficient (Wildman–Crippen LogP) is 5.71. The SMILES string of the molecule is CC(=O)O[C@H]1CC[C@H]2[C@@H]3CCc4c(cc(Br)c(O)c4Br)[C@H]3CC[C@]12C. The van der Waals surface area contributed by atoms with Gasteiger partial charge >= 0.3 is 5.97 Å². The van der Waals surface area contributed by atoms with Crippen LogP contribution in [-0.4, -0.2) is 17.2 Å². The molecule has 0 heterocycles. The van der Waals surface area contributed by atoms with Crippen LogP contribution >= 0.6 is 31.9 Å². The minimum Gasteiger partial charge on any atom is -0.506 e. The van der Waals surface area contributed by atoms with Gasteiger partial charge in [0, 0.05) is 12.3 Å². The van der Waals surface area contributed by atoms with E-state index in [9.17, 15) is 9.90 Å². The zero-order valence-corrected chi connectivity index (χ0v) is 17.8. The predicted molar refractivity (Wildman–Crippen MR) is 104 cm³/mol. The highest BCUT2D eigenvalue weighted by atomic mass is 79.9. The highest BCUT2D eigenvalue weighted by molar-refractivity contribution is 9.11. The molecule has 0 aliphatic heterocycles. The van der Waals surface area contributed by atoms with Crippen molar-refractivity contribution in [1.82, 2.24) is 0 Å². The largest absolute Gasteiger partial charge is 0.506 e. The van der Waals surface area contributed by atoms with Crippen molar-refractivity contribution in [2.24, 2.45) is 17.3 Å². The average molecular weight is 472 g/mol. The van der Waals surface area contributed by atoms with Crippen molar-refractivity contribution in [2.45, 2.75) is 64.4 Å². The van der Waals surface area contributed by atoms with E-state index in [1.807, 2.05) is 0 Å². The number of fused-ring (bicyclic) bond motifs is 5. The van der Waals surface area contributed by atoms with Gasteiger partial charge in [-0.25, -0.2) is 0 Å². The molecule has 0 saturated heterocycles. The molecule has 0 amide bonds. The maximum absolute atomic E-state index is 11.5. The summed E-state index contributed by atoms with van der Waals surface area (Å²) in [7, 11) is 0. The third-order valence-corrected chi connectivity index (χ3v) is 8.57. The first-order chi connectivity index (χ1) is 11.8. The van der Waals surface area contributed by atoms with Crippen molar-refractivity contribution in [1.29, 1.82) is 0 Å². The van der Waals surface area contributed by atoms with Gasteiger partial charge in [-0.1, -0.05) is 6.92 Å². The number of benzene rings is 1. The van der Waals surface area contributed by atoms with Gasteiger partial charge in [0.2, 0.25) is 0 Å². The van der Waals surface area contributed by atoms with Gasteiger partial charge in [0.25, 0.3) is 0 Å². The molecule has 5 heteroatoms. The number of aromatic hydroxyl groups is 1. The molecule has 0 spiro atoms. The van der Waals surface area contributed by atoms with Crippen LogP contribution < -0.4 is 0 Å². The number of phenolic OH excluding ortho intramolecular Hbond substituents is 1. The van der Waals surface area contributed by atoms with Gasteiger partial charge in [-0.15, -0.1) is 0 Å². The number of phenols is 1. The molecule has 5 atom stereocenters. The van der Waals surface area contributed by atoms with Crippen LogP contribution in [0.15, 0.2) is 15.0 Å². The number of hydrogen-bond donors (Lipinski definition) is 1. The van der Waals surface area contributed by atoms with Crippen LogP contribution in [0.25, 0.3) is 0 Å². The van der Waals surface area contributed by atoms with Crippen molar-refractivity contribution in [3.8, 4) is 5.75 Å². The van der Waals surface area contributed by atoms with Gasteiger partial charge in [0.05, 0.1) is 8.95 Å². The quantitative estimate of drug-likeness (QED) is 0.534. The molecule has 1 aromatic rings. The minimum atomic E-state index is -0.147. The Kier molecular flexibility index (Phi) is 4.47. The van der Waals surface area contributed by atoms with Crippen LogP contribution in [-0.2, 0) is 16.0 Å². The van der Waals surface area contributed by atoms with Crippen molar-refractivity contribution in [3.05, 3.63) is 26.1 Å². The van der Waals surface area contributed by atoms with Crippen molar-refractivity contribution < 1.29 is 14.6 Å². The Morgan fingerprint density at radius 2 is 2.04 bits per heavy atom. The second-order valence-electron chi connectivity index (χ2n) is 8.22. The highest BCUT2D eigenvalue weighted by Crippen LogP contribution is 2.62. The summed E-state index contributed by atoms with van der Waals surface area (Å²) in [5, 5.41) is 10.2. The number of carbonyl (C=O) groups is 1. The second kappa shape index (κ2) is 6.26. The van der Waals surface area contributed by atoms with E-state index in [0.717, 1.165) is 47.5 Å². The highest BCUT2D eigenvalue weighted by Gasteiger charge is 2.56. The van der Waals surface area contributed by atoms with E-state index in [2.05, 4.69) is 44.8 Å². The third kappa shape index (κ3) is 2.68. The zero-order valence-electron chi connectivity index (χ0n) is 14.6. The maximum Gasteiger partial charge on any atom is 0.302 e. The maximum atomic E-state index is 11.5. The molecule has 1 aromatic carbocycles. The summed E-state index contributed by atoms with van der Waals surface area (Å²) in [5.41, 5.74) is 2.79. The molecule has 2 saturated carbocycles. The van der Waals surface area contributed by atoms with Crippen LogP contribution in [0.3, 0.4) is 0 Å². The van der Waals surface area contributed by atoms with E-state index >= 15 is 0 Å². The molecule has 136 valence electrons. The topological polar surface area (TPSA) is 46.5 Å². The number of ether oxygens (including phenoxy) is 1. The Hall–Kier alpha value is -0.550. The Labute approximate surface area is 165 Å². The van der Waals surface area contributed by atoms with Crippen LogP contribution in [0, 0.1) is 17.3 Å². The molecule has 4 rings (SSSR count). The number of halogens is 2. The summed E-state index contributed by atoms with van der Waals surface area (Å²) in [5.74, 6) is 1.98.